The second kappa shape index (κ2) is 7.83. The topological polar surface area (TPSA) is 78.4 Å². The lowest BCUT2D eigenvalue weighted by Gasteiger charge is -2.16. The number of aliphatic carboxylic acids is 1. The number of hydrogen-bond acceptors (Lipinski definition) is 2. The van der Waals surface area contributed by atoms with Gasteiger partial charge >= 0.3 is 12.0 Å². The van der Waals surface area contributed by atoms with E-state index in [2.05, 4.69) is 10.6 Å². The van der Waals surface area contributed by atoms with Crippen LogP contribution in [-0.2, 0) is 4.79 Å². The van der Waals surface area contributed by atoms with Crippen molar-refractivity contribution < 1.29 is 19.1 Å². The number of rotatable bonds is 6. The van der Waals surface area contributed by atoms with Gasteiger partial charge in [0.15, 0.2) is 0 Å². The van der Waals surface area contributed by atoms with Crippen LogP contribution in [0.15, 0.2) is 18.2 Å². The lowest BCUT2D eigenvalue weighted by molar-refractivity contribution is -0.142. The molecular formula is C14H18ClFN2O3. The van der Waals surface area contributed by atoms with Gasteiger partial charge in [-0.25, -0.2) is 9.18 Å². The zero-order valence-electron chi connectivity index (χ0n) is 11.8. The van der Waals surface area contributed by atoms with Gasteiger partial charge in [-0.3, -0.25) is 4.79 Å². The molecule has 0 aliphatic carbocycles. The summed E-state index contributed by atoms with van der Waals surface area (Å²) in [6.07, 6.45) is 0.455. The maximum Gasteiger partial charge on any atom is 0.319 e. The van der Waals surface area contributed by atoms with E-state index in [4.69, 9.17) is 16.7 Å². The number of carboxylic acid groups (broad SMARTS) is 1. The number of anilines is 1. The number of amides is 2. The number of nitrogens with one attached hydrogen (secondary N) is 2. The molecular weight excluding hydrogens is 299 g/mol. The van der Waals surface area contributed by atoms with Gasteiger partial charge in [-0.2, -0.15) is 0 Å². The molecule has 0 heterocycles. The standard InChI is InChI=1S/C14H18ClFN2O3/c1-8(2)5-9(13(19)20)7-17-14(21)18-12-6-10(16)3-4-11(12)15/h3-4,6,8-9H,5,7H2,1-2H3,(H,19,20)(H2,17,18,21). The Morgan fingerprint density at radius 1 is 1.38 bits per heavy atom. The molecule has 21 heavy (non-hydrogen) atoms. The first-order chi connectivity index (χ1) is 9.79. The smallest absolute Gasteiger partial charge is 0.319 e. The zero-order valence-corrected chi connectivity index (χ0v) is 12.6. The maximum absolute atomic E-state index is 13.1. The summed E-state index contributed by atoms with van der Waals surface area (Å²) in [7, 11) is 0. The molecule has 0 fully saturated rings. The van der Waals surface area contributed by atoms with Crippen molar-refractivity contribution in [1.82, 2.24) is 5.32 Å². The Balaban J connectivity index is 2.57. The first-order valence-electron chi connectivity index (χ1n) is 6.52. The Morgan fingerprint density at radius 2 is 2.05 bits per heavy atom. The van der Waals surface area contributed by atoms with Crippen LogP contribution in [0.2, 0.25) is 5.02 Å². The van der Waals surface area contributed by atoms with E-state index < -0.39 is 23.7 Å². The molecule has 2 amide bonds. The normalized spacial score (nSPS) is 12.0. The minimum absolute atomic E-state index is 0.00766. The second-order valence-corrected chi connectivity index (χ2v) is 5.53. The highest BCUT2D eigenvalue weighted by Gasteiger charge is 2.19. The third kappa shape index (κ3) is 5.99. The molecule has 0 spiro atoms. The van der Waals surface area contributed by atoms with E-state index in [-0.39, 0.29) is 23.2 Å². The molecule has 1 atom stereocenters. The van der Waals surface area contributed by atoms with E-state index in [1.54, 1.807) is 0 Å². The van der Waals surface area contributed by atoms with Gasteiger partial charge in [0.2, 0.25) is 0 Å². The molecule has 0 aliphatic rings. The van der Waals surface area contributed by atoms with Crippen LogP contribution >= 0.6 is 11.6 Å². The first kappa shape index (κ1) is 17.2. The van der Waals surface area contributed by atoms with Crippen LogP contribution < -0.4 is 10.6 Å². The highest BCUT2D eigenvalue weighted by Crippen LogP contribution is 2.22. The fourth-order valence-corrected chi connectivity index (χ4v) is 1.98. The van der Waals surface area contributed by atoms with Gasteiger partial charge in [-0.15, -0.1) is 0 Å². The van der Waals surface area contributed by atoms with Gasteiger partial charge < -0.3 is 15.7 Å². The van der Waals surface area contributed by atoms with Crippen LogP contribution in [0.25, 0.3) is 0 Å². The quantitative estimate of drug-likeness (QED) is 0.753. The summed E-state index contributed by atoms with van der Waals surface area (Å²) in [6, 6.07) is 2.96. The third-order valence-electron chi connectivity index (χ3n) is 2.79. The highest BCUT2D eigenvalue weighted by molar-refractivity contribution is 6.33. The lowest BCUT2D eigenvalue weighted by atomic mass is 9.97. The molecule has 7 heteroatoms. The average Bonchev–Trinajstić information content (AvgIpc) is 2.38. The van der Waals surface area contributed by atoms with Crippen molar-refractivity contribution in [2.45, 2.75) is 20.3 Å². The van der Waals surface area contributed by atoms with Crippen molar-refractivity contribution in [3.63, 3.8) is 0 Å². The molecule has 0 radical (unpaired) electrons. The fraction of sp³-hybridized carbons (Fsp3) is 0.429. The van der Waals surface area contributed by atoms with Crippen LogP contribution in [0.5, 0.6) is 0 Å². The van der Waals surface area contributed by atoms with Crippen LogP contribution in [0, 0.1) is 17.7 Å². The number of benzene rings is 1. The fourth-order valence-electron chi connectivity index (χ4n) is 1.82. The molecule has 116 valence electrons. The van der Waals surface area contributed by atoms with Crippen LogP contribution in [0.1, 0.15) is 20.3 Å². The first-order valence-corrected chi connectivity index (χ1v) is 6.90. The van der Waals surface area contributed by atoms with Gasteiger partial charge in [0.1, 0.15) is 5.82 Å². The van der Waals surface area contributed by atoms with Crippen molar-refractivity contribution in [3.05, 3.63) is 29.0 Å². The molecule has 1 aromatic rings. The molecule has 1 aromatic carbocycles. The molecule has 0 bridgehead atoms. The van der Waals surface area contributed by atoms with Crippen LogP contribution in [-0.4, -0.2) is 23.7 Å². The predicted octanol–water partition coefficient (Wildman–Crippen LogP) is 3.35. The SMILES string of the molecule is CC(C)CC(CNC(=O)Nc1cc(F)ccc1Cl)C(=O)O. The number of carbonyl (C=O) groups is 2. The number of carbonyl (C=O) groups excluding carboxylic acids is 1. The summed E-state index contributed by atoms with van der Waals surface area (Å²) < 4.78 is 13.1. The minimum Gasteiger partial charge on any atom is -0.481 e. The third-order valence-corrected chi connectivity index (χ3v) is 3.12. The summed E-state index contributed by atoms with van der Waals surface area (Å²) in [5.41, 5.74) is 0.130. The van der Waals surface area contributed by atoms with Crippen LogP contribution in [0.3, 0.4) is 0 Å². The summed E-state index contributed by atoms with van der Waals surface area (Å²) in [4.78, 5) is 22.8. The molecule has 0 saturated heterocycles. The van der Waals surface area contributed by atoms with Crippen molar-refractivity contribution in [3.8, 4) is 0 Å². The largest absolute Gasteiger partial charge is 0.481 e. The Labute approximate surface area is 127 Å². The monoisotopic (exact) mass is 316 g/mol. The van der Waals surface area contributed by atoms with E-state index in [9.17, 15) is 14.0 Å². The van der Waals surface area contributed by atoms with Crippen LogP contribution in [0.4, 0.5) is 14.9 Å². The van der Waals surface area contributed by atoms with E-state index in [0.29, 0.717) is 6.42 Å². The molecule has 3 N–H and O–H groups in total. The molecule has 5 nitrogen and oxygen atoms in total. The lowest BCUT2D eigenvalue weighted by Crippen LogP contribution is -2.36. The number of hydrogen-bond donors (Lipinski definition) is 3. The van der Waals surface area contributed by atoms with E-state index in [1.165, 1.54) is 12.1 Å². The van der Waals surface area contributed by atoms with Crippen molar-refractivity contribution >= 4 is 29.3 Å². The van der Waals surface area contributed by atoms with Gasteiger partial charge in [0.05, 0.1) is 16.6 Å². The molecule has 1 rings (SSSR count). The summed E-state index contributed by atoms with van der Waals surface area (Å²) in [5.74, 6) is -1.96. The Hall–Kier alpha value is -1.82. The summed E-state index contributed by atoms with van der Waals surface area (Å²) in [5, 5.41) is 14.1. The highest BCUT2D eigenvalue weighted by atomic mass is 35.5. The van der Waals surface area contributed by atoms with E-state index in [1.807, 2.05) is 13.8 Å². The van der Waals surface area contributed by atoms with E-state index >= 15 is 0 Å². The van der Waals surface area contributed by atoms with Crippen molar-refractivity contribution in [2.75, 3.05) is 11.9 Å². The Morgan fingerprint density at radius 3 is 2.62 bits per heavy atom. The summed E-state index contributed by atoms with van der Waals surface area (Å²) in [6.45, 7) is 3.80. The predicted molar refractivity (Wildman–Crippen MR) is 79.0 cm³/mol. The molecule has 1 unspecified atom stereocenters. The number of halogens is 2. The number of urea groups is 1. The summed E-state index contributed by atoms with van der Waals surface area (Å²) >= 11 is 5.82. The number of carboxylic acids is 1. The Kier molecular flexibility index (Phi) is 6.42. The minimum atomic E-state index is -0.965. The zero-order chi connectivity index (χ0) is 16.0. The van der Waals surface area contributed by atoms with Gasteiger partial charge in [0, 0.05) is 6.54 Å². The van der Waals surface area contributed by atoms with Crippen molar-refractivity contribution in [1.29, 1.82) is 0 Å². The van der Waals surface area contributed by atoms with Gasteiger partial charge in [0.25, 0.3) is 0 Å². The van der Waals surface area contributed by atoms with Gasteiger partial charge in [-0.1, -0.05) is 25.4 Å². The van der Waals surface area contributed by atoms with Crippen molar-refractivity contribution in [2.24, 2.45) is 11.8 Å². The molecule has 0 saturated carbocycles. The molecule has 0 aromatic heterocycles. The molecule has 0 aliphatic heterocycles. The second-order valence-electron chi connectivity index (χ2n) is 5.12. The average molecular weight is 317 g/mol. The van der Waals surface area contributed by atoms with Gasteiger partial charge in [-0.05, 0) is 30.5 Å². The van der Waals surface area contributed by atoms with E-state index in [0.717, 1.165) is 6.07 Å². The maximum atomic E-state index is 13.1. The Bertz CT molecular complexity index is 523.